The number of hydrogen-bond donors (Lipinski definition) is 3. The number of aromatic nitrogens is 1. The molecule has 3 aromatic rings. The Morgan fingerprint density at radius 1 is 1.07 bits per heavy atom. The van der Waals surface area contributed by atoms with Gasteiger partial charge in [0.2, 0.25) is 5.56 Å². The number of pyridine rings is 1. The van der Waals surface area contributed by atoms with Gasteiger partial charge in [0.05, 0.1) is 6.61 Å². The average molecular weight is 405 g/mol. The minimum atomic E-state index is -0.633. The fourth-order valence-electron chi connectivity index (χ4n) is 2.77. The van der Waals surface area contributed by atoms with Crippen LogP contribution in [0.3, 0.4) is 0 Å². The number of hydrogen-bond acceptors (Lipinski definition) is 5. The highest BCUT2D eigenvalue weighted by molar-refractivity contribution is 5.85. The first kappa shape index (κ1) is 21.8. The summed E-state index contributed by atoms with van der Waals surface area (Å²) < 4.78 is 11.1. The predicted molar refractivity (Wildman–Crippen MR) is 113 cm³/mol. The first-order valence-corrected chi connectivity index (χ1v) is 9.00. The molecule has 28 heavy (non-hydrogen) atoms. The van der Waals surface area contributed by atoms with Crippen LogP contribution in [0.2, 0.25) is 0 Å². The van der Waals surface area contributed by atoms with E-state index in [1.54, 1.807) is 18.2 Å². The number of fused-ring (bicyclic) bond motifs is 1. The summed E-state index contributed by atoms with van der Waals surface area (Å²) in [6.07, 6.45) is -0.633. The summed E-state index contributed by atoms with van der Waals surface area (Å²) in [6, 6.07) is 16.5. The average Bonchev–Trinajstić information content (AvgIpc) is 2.67. The first-order valence-electron chi connectivity index (χ1n) is 9.00. The number of aliphatic hydroxyl groups excluding tert-OH is 1. The molecule has 0 saturated carbocycles. The molecule has 0 fully saturated rings. The molecule has 2 aromatic carbocycles. The topological polar surface area (TPSA) is 83.6 Å². The maximum absolute atomic E-state index is 11.3. The van der Waals surface area contributed by atoms with E-state index in [0.29, 0.717) is 25.4 Å². The van der Waals surface area contributed by atoms with Gasteiger partial charge in [-0.2, -0.15) is 0 Å². The fourth-order valence-corrected chi connectivity index (χ4v) is 2.77. The number of benzene rings is 2. The lowest BCUT2D eigenvalue weighted by molar-refractivity contribution is 0.106. The molecular formula is C21H25ClN2O4. The molecule has 0 aliphatic heterocycles. The second-order valence-corrected chi connectivity index (χ2v) is 6.25. The number of ether oxygens (including phenoxy) is 2. The van der Waals surface area contributed by atoms with Crippen LogP contribution in [0, 0.1) is 0 Å². The van der Waals surface area contributed by atoms with Crippen molar-refractivity contribution in [3.8, 4) is 11.5 Å². The Balaban J connectivity index is 0.00000280. The van der Waals surface area contributed by atoms with Gasteiger partial charge in [-0.1, -0.05) is 12.1 Å². The molecule has 0 unspecified atom stereocenters. The number of H-pyrrole nitrogens is 1. The summed E-state index contributed by atoms with van der Waals surface area (Å²) in [5, 5.41) is 14.2. The van der Waals surface area contributed by atoms with Crippen molar-refractivity contribution in [2.45, 2.75) is 19.6 Å². The van der Waals surface area contributed by atoms with Crippen LogP contribution in [0.5, 0.6) is 11.5 Å². The highest BCUT2D eigenvalue weighted by Crippen LogP contribution is 2.18. The van der Waals surface area contributed by atoms with E-state index in [1.807, 2.05) is 37.3 Å². The van der Waals surface area contributed by atoms with Crippen molar-refractivity contribution in [2.75, 3.05) is 19.8 Å². The third-order valence-electron chi connectivity index (χ3n) is 4.06. The summed E-state index contributed by atoms with van der Waals surface area (Å²) in [6.45, 7) is 3.83. The van der Waals surface area contributed by atoms with Crippen LogP contribution in [-0.4, -0.2) is 36.0 Å². The highest BCUT2D eigenvalue weighted by Gasteiger charge is 2.06. The van der Waals surface area contributed by atoms with Crippen LogP contribution >= 0.6 is 12.4 Å². The summed E-state index contributed by atoms with van der Waals surface area (Å²) in [5.74, 6) is 1.50. The van der Waals surface area contributed by atoms with Gasteiger partial charge in [0, 0.05) is 30.1 Å². The number of aliphatic hydroxyl groups is 1. The van der Waals surface area contributed by atoms with Crippen molar-refractivity contribution in [3.63, 3.8) is 0 Å². The van der Waals surface area contributed by atoms with Crippen LogP contribution < -0.4 is 20.3 Å². The molecule has 0 radical (unpaired) electrons. The highest BCUT2D eigenvalue weighted by atomic mass is 35.5. The Hall–Kier alpha value is -2.54. The van der Waals surface area contributed by atoms with E-state index in [2.05, 4.69) is 10.3 Å². The van der Waals surface area contributed by atoms with Crippen molar-refractivity contribution in [2.24, 2.45) is 0 Å². The van der Waals surface area contributed by atoms with E-state index in [0.717, 1.165) is 22.2 Å². The summed E-state index contributed by atoms with van der Waals surface area (Å²) >= 11 is 0. The van der Waals surface area contributed by atoms with Gasteiger partial charge < -0.3 is 24.9 Å². The van der Waals surface area contributed by atoms with E-state index in [-0.39, 0.29) is 24.6 Å². The van der Waals surface area contributed by atoms with Crippen molar-refractivity contribution >= 4 is 23.3 Å². The molecule has 1 atom stereocenters. The van der Waals surface area contributed by atoms with E-state index in [4.69, 9.17) is 9.47 Å². The molecule has 0 aliphatic carbocycles. The van der Waals surface area contributed by atoms with Crippen LogP contribution in [0.15, 0.2) is 59.4 Å². The van der Waals surface area contributed by atoms with Crippen molar-refractivity contribution in [1.29, 1.82) is 0 Å². The summed E-state index contributed by atoms with van der Waals surface area (Å²) in [7, 11) is 0. The van der Waals surface area contributed by atoms with Gasteiger partial charge in [-0.05, 0) is 48.9 Å². The minimum Gasteiger partial charge on any atom is -0.494 e. The lowest BCUT2D eigenvalue weighted by Crippen LogP contribution is -2.31. The minimum absolute atomic E-state index is 0. The molecule has 1 heterocycles. The van der Waals surface area contributed by atoms with Gasteiger partial charge >= 0.3 is 0 Å². The lowest BCUT2D eigenvalue weighted by Gasteiger charge is -2.14. The standard InChI is InChI=1S/C21H24N2O4.ClH/c1-2-26-18-5-3-4-15(10-18)12-22-13-17(24)14-27-19-7-8-20-16(11-19)6-9-21(25)23-20;/h3-11,17,22,24H,2,12-14H2,1H3,(H,23,25);1H/t17-;/m0./s1. The van der Waals surface area contributed by atoms with Gasteiger partial charge in [-0.15, -0.1) is 12.4 Å². The van der Waals surface area contributed by atoms with Crippen molar-refractivity contribution < 1.29 is 14.6 Å². The summed E-state index contributed by atoms with van der Waals surface area (Å²) in [5.41, 5.74) is 1.72. The zero-order chi connectivity index (χ0) is 19.1. The number of aromatic amines is 1. The number of rotatable bonds is 9. The molecule has 150 valence electrons. The molecule has 1 aromatic heterocycles. The third-order valence-corrected chi connectivity index (χ3v) is 4.06. The Bertz CT molecular complexity index is 945. The van der Waals surface area contributed by atoms with Gasteiger partial charge in [0.15, 0.2) is 0 Å². The smallest absolute Gasteiger partial charge is 0.248 e. The molecule has 0 saturated heterocycles. The Labute approximate surface area is 169 Å². The Morgan fingerprint density at radius 3 is 2.71 bits per heavy atom. The Morgan fingerprint density at radius 2 is 1.89 bits per heavy atom. The second-order valence-electron chi connectivity index (χ2n) is 6.25. The van der Waals surface area contributed by atoms with Gasteiger partial charge in [0.25, 0.3) is 0 Å². The van der Waals surface area contributed by atoms with Gasteiger partial charge in [-0.3, -0.25) is 4.79 Å². The van der Waals surface area contributed by atoms with Crippen LogP contribution in [0.25, 0.3) is 10.9 Å². The number of nitrogens with one attached hydrogen (secondary N) is 2. The lowest BCUT2D eigenvalue weighted by atomic mass is 10.2. The molecule has 3 rings (SSSR count). The van der Waals surface area contributed by atoms with E-state index >= 15 is 0 Å². The van der Waals surface area contributed by atoms with Gasteiger partial charge in [0.1, 0.15) is 24.2 Å². The zero-order valence-corrected chi connectivity index (χ0v) is 16.5. The molecule has 7 heteroatoms. The largest absolute Gasteiger partial charge is 0.494 e. The maximum atomic E-state index is 11.3. The van der Waals surface area contributed by atoms with Gasteiger partial charge in [-0.25, -0.2) is 0 Å². The number of halogens is 1. The molecular weight excluding hydrogens is 380 g/mol. The third kappa shape index (κ3) is 6.27. The zero-order valence-electron chi connectivity index (χ0n) is 15.7. The summed E-state index contributed by atoms with van der Waals surface area (Å²) in [4.78, 5) is 14.1. The van der Waals surface area contributed by atoms with Crippen molar-refractivity contribution in [3.05, 3.63) is 70.5 Å². The normalized spacial score (nSPS) is 11.6. The molecule has 3 N–H and O–H groups in total. The molecule has 0 amide bonds. The monoisotopic (exact) mass is 404 g/mol. The Kier molecular flexibility index (Phi) is 8.32. The molecule has 0 bridgehead atoms. The van der Waals surface area contributed by atoms with Crippen LogP contribution in [-0.2, 0) is 6.54 Å². The van der Waals surface area contributed by atoms with E-state index in [1.165, 1.54) is 6.07 Å². The second kappa shape index (κ2) is 10.7. The molecule has 0 spiro atoms. The van der Waals surface area contributed by atoms with Crippen molar-refractivity contribution in [1.82, 2.24) is 10.3 Å². The first-order chi connectivity index (χ1) is 13.1. The van der Waals surface area contributed by atoms with E-state index < -0.39 is 6.10 Å². The predicted octanol–water partition coefficient (Wildman–Crippen LogP) is 2.88. The van der Waals surface area contributed by atoms with Crippen LogP contribution in [0.1, 0.15) is 12.5 Å². The quantitative estimate of drug-likeness (QED) is 0.510. The fraction of sp³-hybridized carbons (Fsp3) is 0.286. The molecule has 0 aliphatic rings. The maximum Gasteiger partial charge on any atom is 0.248 e. The van der Waals surface area contributed by atoms with Crippen LogP contribution in [0.4, 0.5) is 0 Å². The molecule has 6 nitrogen and oxygen atoms in total. The van der Waals surface area contributed by atoms with E-state index in [9.17, 15) is 9.90 Å². The SMILES string of the molecule is CCOc1cccc(CNC[C@H](O)COc2ccc3[nH]c(=O)ccc3c2)c1.Cl.